The number of carbonyl (C=O) groups excluding carboxylic acids is 1. The van der Waals surface area contributed by atoms with Crippen LogP contribution in [0.25, 0.3) is 0 Å². The van der Waals surface area contributed by atoms with Crippen molar-refractivity contribution in [3.63, 3.8) is 0 Å². The third kappa shape index (κ3) is 10.9. The molecule has 130 valence electrons. The average molecular weight is 419 g/mol. The number of thiol groups is 4. The molecule has 9 heteroatoms. The zero-order valence-corrected chi connectivity index (χ0v) is 18.0. The van der Waals surface area contributed by atoms with Crippen LogP contribution in [-0.2, 0) is 0 Å². The third-order valence-corrected chi connectivity index (χ3v) is 7.54. The molecule has 3 nitrogen and oxygen atoms in total. The highest BCUT2D eigenvalue weighted by Gasteiger charge is 2.21. The molecule has 0 saturated heterocycles. The van der Waals surface area contributed by atoms with Crippen molar-refractivity contribution in [2.45, 2.75) is 17.4 Å². The second-order valence-electron chi connectivity index (χ2n) is 4.37. The SMILES string of the molecule is C/C=N\C(=O)N(CC(CS)SCCS)CC(CS)SCCS. The maximum absolute atomic E-state index is 12.2. The zero-order chi connectivity index (χ0) is 16.8. The van der Waals surface area contributed by atoms with Gasteiger partial charge in [0.1, 0.15) is 0 Å². The van der Waals surface area contributed by atoms with Gasteiger partial charge in [-0.05, 0) is 18.4 Å². The fourth-order valence-electron chi connectivity index (χ4n) is 1.68. The second kappa shape index (κ2) is 15.7. The quantitative estimate of drug-likeness (QED) is 0.289. The molecule has 0 heterocycles. The Morgan fingerprint density at radius 1 is 1.05 bits per heavy atom. The number of hydrogen-bond acceptors (Lipinski definition) is 7. The summed E-state index contributed by atoms with van der Waals surface area (Å²) in [5, 5.41) is 0.587. The van der Waals surface area contributed by atoms with E-state index >= 15 is 0 Å². The largest absolute Gasteiger partial charge is 0.343 e. The van der Waals surface area contributed by atoms with Gasteiger partial charge in [-0.25, -0.2) is 9.79 Å². The normalized spacial score (nSPS) is 14.2. The summed E-state index contributed by atoms with van der Waals surface area (Å²) in [5.41, 5.74) is 0. The van der Waals surface area contributed by atoms with Crippen LogP contribution in [0.4, 0.5) is 4.79 Å². The molecule has 0 spiro atoms. The summed E-state index contributed by atoms with van der Waals surface area (Å²) in [6, 6.07) is -0.181. The predicted octanol–water partition coefficient (Wildman–Crippen LogP) is 3.42. The van der Waals surface area contributed by atoms with Crippen molar-refractivity contribution >= 4 is 86.3 Å². The number of urea groups is 1. The molecule has 0 aromatic heterocycles. The molecule has 2 unspecified atom stereocenters. The van der Waals surface area contributed by atoms with E-state index in [1.807, 2.05) is 4.90 Å². The van der Waals surface area contributed by atoms with Crippen LogP contribution in [0.5, 0.6) is 0 Å². The number of nitrogens with zero attached hydrogens (tertiary/aromatic N) is 2. The maximum Gasteiger partial charge on any atom is 0.343 e. The molecule has 0 N–H and O–H groups in total. The molecule has 0 bridgehead atoms. The van der Waals surface area contributed by atoms with Gasteiger partial charge >= 0.3 is 6.03 Å². The zero-order valence-electron chi connectivity index (χ0n) is 12.8. The van der Waals surface area contributed by atoms with Gasteiger partial charge in [0.15, 0.2) is 0 Å². The minimum atomic E-state index is -0.181. The highest BCUT2D eigenvalue weighted by Crippen LogP contribution is 2.19. The minimum Gasteiger partial charge on any atom is -0.321 e. The van der Waals surface area contributed by atoms with Crippen LogP contribution in [0, 0.1) is 0 Å². The second-order valence-corrected chi connectivity index (χ2v) is 8.81. The molecule has 0 aromatic rings. The Kier molecular flexibility index (Phi) is 16.6. The smallest absolute Gasteiger partial charge is 0.321 e. The standard InChI is InChI=1S/C13H26N2OS6/c1-2-14-13(16)15(7-11(9-19)21-5-3-17)8-12(10-20)22-6-4-18/h2,11-12,17-20H,3-10H2,1H3/b14-2-. The summed E-state index contributed by atoms with van der Waals surface area (Å²) in [7, 11) is 0. The van der Waals surface area contributed by atoms with Gasteiger partial charge in [0.2, 0.25) is 0 Å². The molecule has 2 amide bonds. The molecule has 0 aromatic carbocycles. The first-order valence-electron chi connectivity index (χ1n) is 7.07. The van der Waals surface area contributed by atoms with Crippen LogP contribution in [0.1, 0.15) is 6.92 Å². The lowest BCUT2D eigenvalue weighted by Gasteiger charge is -2.28. The van der Waals surface area contributed by atoms with Crippen LogP contribution in [0.2, 0.25) is 0 Å². The maximum atomic E-state index is 12.2. The van der Waals surface area contributed by atoms with Crippen LogP contribution < -0.4 is 0 Å². The summed E-state index contributed by atoms with van der Waals surface area (Å²) in [5.74, 6) is 5.02. The van der Waals surface area contributed by atoms with E-state index < -0.39 is 0 Å². The van der Waals surface area contributed by atoms with Crippen molar-refractivity contribution in [3.05, 3.63) is 0 Å². The van der Waals surface area contributed by atoms with Crippen LogP contribution in [-0.4, -0.2) is 75.3 Å². The topological polar surface area (TPSA) is 32.7 Å². The highest BCUT2D eigenvalue weighted by atomic mass is 32.2. The Morgan fingerprint density at radius 3 is 1.82 bits per heavy atom. The molecular weight excluding hydrogens is 393 g/mol. The molecule has 0 fully saturated rings. The Balaban J connectivity index is 4.75. The molecule has 2 atom stereocenters. The molecule has 0 aliphatic carbocycles. The highest BCUT2D eigenvalue weighted by molar-refractivity contribution is 8.01. The number of aliphatic imine (C=N–C) groups is 1. The molecular formula is C13H26N2OS6. The molecule has 0 aliphatic heterocycles. The van der Waals surface area contributed by atoms with E-state index in [-0.39, 0.29) is 6.03 Å². The van der Waals surface area contributed by atoms with Gasteiger partial charge in [-0.15, -0.1) is 0 Å². The average Bonchev–Trinajstić information content (AvgIpc) is 2.53. The van der Waals surface area contributed by atoms with Gasteiger partial charge < -0.3 is 4.90 Å². The van der Waals surface area contributed by atoms with Gasteiger partial charge in [0.25, 0.3) is 0 Å². The molecule has 0 rings (SSSR count). The van der Waals surface area contributed by atoms with Crippen molar-refractivity contribution in [2.24, 2.45) is 4.99 Å². The summed E-state index contributed by atoms with van der Waals surface area (Å²) >= 11 is 20.9. The molecule has 0 saturated carbocycles. The van der Waals surface area contributed by atoms with Crippen molar-refractivity contribution in [3.8, 4) is 0 Å². The van der Waals surface area contributed by atoms with E-state index in [0.717, 1.165) is 34.5 Å². The summed E-state index contributed by atoms with van der Waals surface area (Å²) in [6.07, 6.45) is 1.54. The predicted molar refractivity (Wildman–Crippen MR) is 119 cm³/mol. The Morgan fingerprint density at radius 2 is 1.50 bits per heavy atom. The van der Waals surface area contributed by atoms with E-state index in [1.165, 1.54) is 0 Å². The molecule has 22 heavy (non-hydrogen) atoms. The lowest BCUT2D eigenvalue weighted by Crippen LogP contribution is -2.40. The Labute approximate surface area is 165 Å². The van der Waals surface area contributed by atoms with Crippen LogP contribution >= 0.6 is 74.0 Å². The molecule has 0 aliphatic rings. The van der Waals surface area contributed by atoms with Gasteiger partial charge in [-0.1, -0.05) is 0 Å². The van der Waals surface area contributed by atoms with E-state index in [0.29, 0.717) is 23.6 Å². The lowest BCUT2D eigenvalue weighted by atomic mass is 10.3. The number of amides is 2. The van der Waals surface area contributed by atoms with Crippen LogP contribution in [0.15, 0.2) is 4.99 Å². The van der Waals surface area contributed by atoms with Crippen molar-refractivity contribution in [2.75, 3.05) is 47.6 Å². The first-order valence-corrected chi connectivity index (χ1v) is 11.7. The summed E-state index contributed by atoms with van der Waals surface area (Å²) in [4.78, 5) is 18.0. The summed E-state index contributed by atoms with van der Waals surface area (Å²) < 4.78 is 0. The monoisotopic (exact) mass is 418 g/mol. The van der Waals surface area contributed by atoms with Gasteiger partial charge in [-0.2, -0.15) is 74.0 Å². The Hall–Kier alpha value is 1.24. The fourth-order valence-corrected chi connectivity index (χ4v) is 4.83. The minimum absolute atomic E-state index is 0.181. The molecule has 0 radical (unpaired) electrons. The number of rotatable bonds is 12. The number of carbonyl (C=O) groups is 1. The first kappa shape index (κ1) is 23.2. The fraction of sp³-hybridized carbons (Fsp3) is 0.846. The van der Waals surface area contributed by atoms with Crippen molar-refractivity contribution in [1.29, 1.82) is 0 Å². The van der Waals surface area contributed by atoms with E-state index in [2.05, 4.69) is 55.5 Å². The van der Waals surface area contributed by atoms with E-state index in [4.69, 9.17) is 0 Å². The van der Waals surface area contributed by atoms with Gasteiger partial charge in [0, 0.05) is 52.8 Å². The van der Waals surface area contributed by atoms with Gasteiger partial charge in [0.05, 0.1) is 0 Å². The van der Waals surface area contributed by atoms with E-state index in [1.54, 1.807) is 36.7 Å². The lowest BCUT2D eigenvalue weighted by molar-refractivity contribution is 0.210. The number of hydrogen-bond donors (Lipinski definition) is 4. The van der Waals surface area contributed by atoms with Crippen molar-refractivity contribution < 1.29 is 4.79 Å². The van der Waals surface area contributed by atoms with Gasteiger partial charge in [-0.3, -0.25) is 0 Å². The summed E-state index contributed by atoms with van der Waals surface area (Å²) in [6.45, 7) is 3.07. The third-order valence-electron chi connectivity index (χ3n) is 2.66. The Bertz CT molecular complexity index is 301. The van der Waals surface area contributed by atoms with E-state index in [9.17, 15) is 4.79 Å². The first-order chi connectivity index (χ1) is 10.6. The number of thioether (sulfide) groups is 2. The van der Waals surface area contributed by atoms with Crippen LogP contribution in [0.3, 0.4) is 0 Å². The van der Waals surface area contributed by atoms with Crippen molar-refractivity contribution in [1.82, 2.24) is 4.90 Å².